The van der Waals surface area contributed by atoms with Crippen LogP contribution in [0.3, 0.4) is 0 Å². The van der Waals surface area contributed by atoms with Gasteiger partial charge in [-0.3, -0.25) is 0 Å². The first-order valence-electron chi connectivity index (χ1n) is 6.48. The Morgan fingerprint density at radius 2 is 2.06 bits per heavy atom. The first kappa shape index (κ1) is 12.7. The summed E-state index contributed by atoms with van der Waals surface area (Å²) in [6.45, 7) is 8.54. The van der Waals surface area contributed by atoms with E-state index in [1.165, 1.54) is 22.0 Å². The van der Waals surface area contributed by atoms with Gasteiger partial charge in [0.1, 0.15) is 0 Å². The third-order valence-electron chi connectivity index (χ3n) is 3.10. The van der Waals surface area contributed by atoms with Gasteiger partial charge in [-0.15, -0.1) is 0 Å². The molecule has 2 rings (SSSR count). The summed E-state index contributed by atoms with van der Waals surface area (Å²) in [4.78, 5) is 0. The molecule has 94 valence electrons. The summed E-state index contributed by atoms with van der Waals surface area (Å²) in [5.74, 6) is 0.662. The second kappa shape index (κ2) is 5.26. The SMILES string of the molecule is C=C(/C=C/c1cn(C)c2ccccc12)CC(C)C. The van der Waals surface area contributed by atoms with Crippen LogP contribution in [0.1, 0.15) is 25.8 Å². The average Bonchev–Trinajstić information content (AvgIpc) is 2.64. The summed E-state index contributed by atoms with van der Waals surface area (Å²) in [6, 6.07) is 8.48. The van der Waals surface area contributed by atoms with Gasteiger partial charge in [0.15, 0.2) is 0 Å². The molecule has 0 aliphatic carbocycles. The molecule has 1 aromatic heterocycles. The van der Waals surface area contributed by atoms with Crippen molar-refractivity contribution < 1.29 is 0 Å². The maximum absolute atomic E-state index is 4.10. The zero-order valence-electron chi connectivity index (χ0n) is 11.5. The second-order valence-electron chi connectivity index (χ2n) is 5.30. The fourth-order valence-electron chi connectivity index (χ4n) is 2.31. The lowest BCUT2D eigenvalue weighted by molar-refractivity contribution is 0.651. The van der Waals surface area contributed by atoms with E-state index in [0.717, 1.165) is 6.42 Å². The standard InChI is InChI=1S/C17H21N/c1-13(2)11-14(3)9-10-15-12-18(4)17-8-6-5-7-16(15)17/h5-10,12-13H,3,11H2,1-2,4H3/b10-9+. The summed E-state index contributed by atoms with van der Waals surface area (Å²) in [5.41, 5.74) is 3.72. The second-order valence-corrected chi connectivity index (χ2v) is 5.30. The number of benzene rings is 1. The van der Waals surface area contributed by atoms with E-state index in [4.69, 9.17) is 0 Å². The Hall–Kier alpha value is -1.76. The number of aromatic nitrogens is 1. The summed E-state index contributed by atoms with van der Waals surface area (Å²) in [6.07, 6.45) is 7.54. The Morgan fingerprint density at radius 1 is 1.33 bits per heavy atom. The summed E-state index contributed by atoms with van der Waals surface area (Å²) in [5, 5.41) is 1.30. The molecule has 1 aromatic carbocycles. The molecule has 1 heteroatoms. The van der Waals surface area contributed by atoms with E-state index in [9.17, 15) is 0 Å². The Morgan fingerprint density at radius 3 is 2.78 bits per heavy atom. The van der Waals surface area contributed by atoms with E-state index < -0.39 is 0 Å². The van der Waals surface area contributed by atoms with Gasteiger partial charge < -0.3 is 4.57 Å². The molecular formula is C17H21N. The van der Waals surface area contributed by atoms with Crippen molar-refractivity contribution >= 4 is 17.0 Å². The van der Waals surface area contributed by atoms with E-state index in [-0.39, 0.29) is 0 Å². The van der Waals surface area contributed by atoms with Crippen LogP contribution in [0.5, 0.6) is 0 Å². The Labute approximate surface area is 109 Å². The first-order chi connectivity index (χ1) is 8.58. The van der Waals surface area contributed by atoms with Crippen molar-refractivity contribution in [2.75, 3.05) is 0 Å². The smallest absolute Gasteiger partial charge is 0.0483 e. The Kier molecular flexibility index (Phi) is 3.71. The molecule has 0 N–H and O–H groups in total. The number of rotatable bonds is 4. The fraction of sp³-hybridized carbons (Fsp3) is 0.294. The Bertz CT molecular complexity index is 585. The normalized spacial score (nSPS) is 11.8. The van der Waals surface area contributed by atoms with Crippen LogP contribution < -0.4 is 0 Å². The highest BCUT2D eigenvalue weighted by molar-refractivity contribution is 5.89. The molecule has 0 saturated heterocycles. The van der Waals surface area contributed by atoms with Gasteiger partial charge >= 0.3 is 0 Å². The molecule has 1 heterocycles. The van der Waals surface area contributed by atoms with Gasteiger partial charge in [0.2, 0.25) is 0 Å². The number of fused-ring (bicyclic) bond motifs is 1. The molecule has 0 aliphatic heterocycles. The lowest BCUT2D eigenvalue weighted by Crippen LogP contribution is -1.87. The highest BCUT2D eigenvalue weighted by atomic mass is 14.9. The number of nitrogens with zero attached hydrogens (tertiary/aromatic N) is 1. The highest BCUT2D eigenvalue weighted by Gasteiger charge is 2.02. The molecule has 0 fully saturated rings. The van der Waals surface area contributed by atoms with E-state index in [1.807, 2.05) is 0 Å². The molecule has 18 heavy (non-hydrogen) atoms. The predicted molar refractivity (Wildman–Crippen MR) is 80.5 cm³/mol. The first-order valence-corrected chi connectivity index (χ1v) is 6.48. The van der Waals surface area contributed by atoms with E-state index in [2.05, 4.69) is 74.7 Å². The molecule has 0 unspecified atom stereocenters. The largest absolute Gasteiger partial charge is 0.350 e. The van der Waals surface area contributed by atoms with Crippen molar-refractivity contribution in [3.8, 4) is 0 Å². The lowest BCUT2D eigenvalue weighted by Gasteiger charge is -2.02. The summed E-state index contributed by atoms with van der Waals surface area (Å²) in [7, 11) is 2.09. The molecule has 0 radical (unpaired) electrons. The number of hydrogen-bond acceptors (Lipinski definition) is 0. The van der Waals surface area contributed by atoms with Crippen molar-refractivity contribution in [3.05, 3.63) is 54.3 Å². The van der Waals surface area contributed by atoms with Crippen LogP contribution in [0.4, 0.5) is 0 Å². The molecule has 0 amide bonds. The molecule has 0 aliphatic rings. The minimum absolute atomic E-state index is 0.662. The average molecular weight is 239 g/mol. The maximum atomic E-state index is 4.10. The zero-order chi connectivity index (χ0) is 13.1. The van der Waals surface area contributed by atoms with Crippen LogP contribution in [0.25, 0.3) is 17.0 Å². The maximum Gasteiger partial charge on any atom is 0.0483 e. The van der Waals surface area contributed by atoms with Crippen LogP contribution >= 0.6 is 0 Å². The van der Waals surface area contributed by atoms with Crippen molar-refractivity contribution in [2.45, 2.75) is 20.3 Å². The molecular weight excluding hydrogens is 218 g/mol. The van der Waals surface area contributed by atoms with Crippen LogP contribution in [-0.2, 0) is 7.05 Å². The summed E-state index contributed by atoms with van der Waals surface area (Å²) < 4.78 is 2.17. The van der Waals surface area contributed by atoms with Gasteiger partial charge in [0, 0.05) is 24.1 Å². The van der Waals surface area contributed by atoms with E-state index >= 15 is 0 Å². The van der Waals surface area contributed by atoms with Gasteiger partial charge in [-0.25, -0.2) is 0 Å². The van der Waals surface area contributed by atoms with Crippen molar-refractivity contribution in [1.29, 1.82) is 0 Å². The van der Waals surface area contributed by atoms with Crippen LogP contribution in [0.2, 0.25) is 0 Å². The van der Waals surface area contributed by atoms with Crippen molar-refractivity contribution in [3.63, 3.8) is 0 Å². The number of aryl methyl sites for hydroxylation is 1. The Balaban J connectivity index is 2.27. The topological polar surface area (TPSA) is 4.93 Å². The third-order valence-corrected chi connectivity index (χ3v) is 3.10. The molecule has 0 spiro atoms. The van der Waals surface area contributed by atoms with Gasteiger partial charge in [-0.2, -0.15) is 0 Å². The number of para-hydroxylation sites is 1. The molecule has 1 nitrogen and oxygen atoms in total. The third kappa shape index (κ3) is 2.73. The molecule has 0 atom stereocenters. The number of hydrogen-bond donors (Lipinski definition) is 0. The van der Waals surface area contributed by atoms with Crippen LogP contribution in [0.15, 0.2) is 48.7 Å². The fourth-order valence-corrected chi connectivity index (χ4v) is 2.31. The zero-order valence-corrected chi connectivity index (χ0v) is 11.5. The van der Waals surface area contributed by atoms with Crippen molar-refractivity contribution in [2.24, 2.45) is 13.0 Å². The van der Waals surface area contributed by atoms with Crippen LogP contribution in [-0.4, -0.2) is 4.57 Å². The van der Waals surface area contributed by atoms with Gasteiger partial charge in [-0.1, -0.05) is 56.4 Å². The monoisotopic (exact) mass is 239 g/mol. The van der Waals surface area contributed by atoms with Gasteiger partial charge in [0.25, 0.3) is 0 Å². The predicted octanol–water partition coefficient (Wildman–Crippen LogP) is 4.79. The molecule has 0 saturated carbocycles. The van der Waals surface area contributed by atoms with Crippen molar-refractivity contribution in [1.82, 2.24) is 4.57 Å². The highest BCUT2D eigenvalue weighted by Crippen LogP contribution is 2.22. The quantitative estimate of drug-likeness (QED) is 0.676. The molecule has 2 aromatic rings. The van der Waals surface area contributed by atoms with Gasteiger partial charge in [-0.05, 0) is 24.0 Å². The number of allylic oxidation sites excluding steroid dienone is 2. The van der Waals surface area contributed by atoms with Crippen LogP contribution in [0, 0.1) is 5.92 Å². The molecule has 0 bridgehead atoms. The minimum Gasteiger partial charge on any atom is -0.350 e. The van der Waals surface area contributed by atoms with E-state index in [0.29, 0.717) is 5.92 Å². The van der Waals surface area contributed by atoms with Gasteiger partial charge in [0.05, 0.1) is 0 Å². The summed E-state index contributed by atoms with van der Waals surface area (Å²) >= 11 is 0. The lowest BCUT2D eigenvalue weighted by atomic mass is 10.0. The minimum atomic E-state index is 0.662. The van der Waals surface area contributed by atoms with E-state index in [1.54, 1.807) is 0 Å².